The fraction of sp³-hybridized carbons (Fsp3) is 0.340. The predicted octanol–water partition coefficient (Wildman–Crippen LogP) is 16.4. The number of nitriles is 3. The third kappa shape index (κ3) is 34.2. The standard InChI is InChI=1S/C20H24N2O2.C20H22N2O.C19H24N2O.C18H20N2O.C10H14ClN.C8H7NO.C2H4O4S.ClH/c1-22(15-16-7-3-2-4-8-16)13-14-24-18-10-6-5-9-17(18)20(11-12-20)19(21)23;1-22(15-17-7-3-2-4-8-17)13-14-23-19-10-6-5-9-18(19)20(16-21)11-12-20;1-21(15-16-7-3-2-4-8-16)13-14-22-18-10-6-5-9-17(18)19(20)11-12-19;1-20(15-16-7-3-2-4-8-16)13-14-21-18-10-6-5-9-17(18)11-12-19;1-12(8-7-11)9-10-5-3-2-4-6-10;9-6-5-7-3-1-2-4-8(7)10;3-7(4)5-1-2-6-7;/h2-10H,11-15H2,1H3,(H2,21,23);2-10H,11-15H2,1H3;2-10H,11-15,20H2,1H3;2-10H,11,13-15H2,1H3;2-6H,7-9H2,1H3;1-4,10H,5H2;1-2H2;1H. The largest absolute Gasteiger partial charge is 0.508 e. The minimum atomic E-state index is -3.55. The number of alkyl halides is 1. The molecule has 0 radical (unpaired) electrons. The molecule has 3 saturated carbocycles. The molecule has 23 heteroatoms. The van der Waals surface area contributed by atoms with Gasteiger partial charge in [-0.15, -0.1) is 24.0 Å². The van der Waals surface area contributed by atoms with Crippen LogP contribution in [0, 0.1) is 34.0 Å². The Hall–Kier alpha value is -10.7. The number of nitrogens with zero attached hydrogens (tertiary/aromatic N) is 8. The lowest BCUT2D eigenvalue weighted by atomic mass is 9.94. The molecule has 4 aliphatic rings. The van der Waals surface area contributed by atoms with Gasteiger partial charge in [-0.3, -0.25) is 24.4 Å². The number of ether oxygens (including phenoxy) is 4. The molecule has 1 heterocycles. The lowest BCUT2D eigenvalue weighted by molar-refractivity contribution is -0.120. The van der Waals surface area contributed by atoms with Crippen LogP contribution in [0.4, 0.5) is 0 Å². The zero-order chi connectivity index (χ0) is 85.0. The average Bonchev–Trinajstić information content (AvgIpc) is 1.61. The summed E-state index contributed by atoms with van der Waals surface area (Å²) < 4.78 is 51.9. The summed E-state index contributed by atoms with van der Waals surface area (Å²) in [6, 6.07) is 97.1. The molecule has 0 unspecified atom stereocenters. The molecule has 0 bridgehead atoms. The molecule has 120 heavy (non-hydrogen) atoms. The van der Waals surface area contributed by atoms with Crippen molar-refractivity contribution in [2.24, 2.45) is 11.5 Å². The minimum Gasteiger partial charge on any atom is -0.508 e. The van der Waals surface area contributed by atoms with Crippen LogP contribution in [-0.2, 0) is 85.5 Å². The monoisotopic (exact) mass is 1680 g/mol. The van der Waals surface area contributed by atoms with E-state index in [2.05, 4.69) is 208 Å². The lowest BCUT2D eigenvalue weighted by Crippen LogP contribution is -2.29. The van der Waals surface area contributed by atoms with Crippen molar-refractivity contribution in [1.82, 2.24) is 24.5 Å². The number of phenols is 1. The number of rotatable bonds is 34. The molecule has 4 fully saturated rings. The number of nitrogens with two attached hydrogens (primary N) is 2. The highest BCUT2D eigenvalue weighted by Gasteiger charge is 2.52. The molecule has 1 amide bonds. The van der Waals surface area contributed by atoms with E-state index in [4.69, 9.17) is 57.6 Å². The Morgan fingerprint density at radius 1 is 0.417 bits per heavy atom. The Morgan fingerprint density at radius 3 is 1.04 bits per heavy atom. The summed E-state index contributed by atoms with van der Waals surface area (Å²) in [5.41, 5.74) is 22.3. The second-order valence-corrected chi connectivity index (χ2v) is 31.6. The van der Waals surface area contributed by atoms with E-state index in [1.807, 2.05) is 127 Å². The summed E-state index contributed by atoms with van der Waals surface area (Å²) in [5.74, 6) is 4.04. The van der Waals surface area contributed by atoms with E-state index in [-0.39, 0.29) is 54.7 Å². The highest BCUT2D eigenvalue weighted by molar-refractivity contribution is 7.82. The van der Waals surface area contributed by atoms with Crippen molar-refractivity contribution in [2.45, 2.75) is 100 Å². The molecule has 14 rings (SSSR count). The van der Waals surface area contributed by atoms with Crippen LogP contribution in [0.3, 0.4) is 0 Å². The van der Waals surface area contributed by atoms with Gasteiger partial charge in [0.1, 0.15) is 55.2 Å². The van der Waals surface area contributed by atoms with Crippen molar-refractivity contribution >= 4 is 40.3 Å². The van der Waals surface area contributed by atoms with Crippen LogP contribution in [0.2, 0.25) is 0 Å². The van der Waals surface area contributed by atoms with Crippen molar-refractivity contribution in [3.8, 4) is 47.0 Å². The van der Waals surface area contributed by atoms with E-state index in [1.165, 1.54) is 27.8 Å². The Kier molecular flexibility index (Phi) is 41.6. The van der Waals surface area contributed by atoms with Gasteiger partial charge in [0.05, 0.1) is 55.1 Å². The Bertz CT molecular complexity index is 4850. The fourth-order valence-corrected chi connectivity index (χ4v) is 13.8. The molecule has 1 saturated heterocycles. The first-order valence-electron chi connectivity index (χ1n) is 40.3. The molecule has 634 valence electrons. The van der Waals surface area contributed by atoms with E-state index in [1.54, 1.807) is 24.3 Å². The minimum absolute atomic E-state index is 0. The molecule has 10 aromatic carbocycles. The maximum absolute atomic E-state index is 11.8. The number of amides is 1. The smallest absolute Gasteiger partial charge is 0.400 e. The number of benzene rings is 10. The summed E-state index contributed by atoms with van der Waals surface area (Å²) in [6.07, 6.45) is 6.29. The Balaban J connectivity index is 0.000000198. The number of hydrogen-bond donors (Lipinski definition) is 3. The quantitative estimate of drug-likeness (QED) is 0.0316. The zero-order valence-corrected chi connectivity index (χ0v) is 72.1. The fourth-order valence-electron chi connectivity index (χ4n) is 12.9. The van der Waals surface area contributed by atoms with Crippen LogP contribution in [0.5, 0.6) is 28.7 Å². The van der Waals surface area contributed by atoms with Crippen molar-refractivity contribution in [1.29, 1.82) is 15.8 Å². The first-order valence-corrected chi connectivity index (χ1v) is 42.2. The van der Waals surface area contributed by atoms with Crippen LogP contribution in [0.1, 0.15) is 94.2 Å². The first kappa shape index (κ1) is 96.5. The van der Waals surface area contributed by atoms with Gasteiger partial charge >= 0.3 is 10.4 Å². The van der Waals surface area contributed by atoms with Crippen molar-refractivity contribution < 1.29 is 45.6 Å². The molecule has 0 spiro atoms. The molecular formula is C97H116Cl2N10O10S. The molecule has 0 aromatic heterocycles. The number of carbonyl (C=O) groups is 1. The van der Waals surface area contributed by atoms with E-state index in [9.17, 15) is 18.5 Å². The van der Waals surface area contributed by atoms with E-state index in [0.29, 0.717) is 44.3 Å². The topological polar surface area (TPSA) is 266 Å². The van der Waals surface area contributed by atoms with Gasteiger partial charge in [0.25, 0.3) is 0 Å². The number of primary amides is 1. The van der Waals surface area contributed by atoms with Crippen LogP contribution in [0.25, 0.3) is 0 Å². The number of para-hydroxylation sites is 5. The van der Waals surface area contributed by atoms with E-state index < -0.39 is 15.8 Å². The third-order valence-electron chi connectivity index (χ3n) is 20.1. The van der Waals surface area contributed by atoms with Gasteiger partial charge in [0, 0.05) is 105 Å². The molecule has 1 aliphatic heterocycles. The summed E-state index contributed by atoms with van der Waals surface area (Å²) in [4.78, 5) is 23.0. The van der Waals surface area contributed by atoms with Gasteiger partial charge in [0.15, 0.2) is 0 Å². The van der Waals surface area contributed by atoms with Gasteiger partial charge in [-0.1, -0.05) is 243 Å². The van der Waals surface area contributed by atoms with E-state index in [0.717, 1.165) is 149 Å². The van der Waals surface area contributed by atoms with Gasteiger partial charge in [-0.25, -0.2) is 8.37 Å². The van der Waals surface area contributed by atoms with Gasteiger partial charge in [0.2, 0.25) is 5.91 Å². The summed E-state index contributed by atoms with van der Waals surface area (Å²) in [6.45, 7) is 11.8. The zero-order valence-electron chi connectivity index (χ0n) is 69.7. The Labute approximate surface area is 722 Å². The maximum Gasteiger partial charge on any atom is 0.400 e. The van der Waals surface area contributed by atoms with Crippen LogP contribution < -0.4 is 30.4 Å². The number of likely N-dealkylation sites (N-methyl/N-ethyl adjacent to an activating group) is 4. The molecule has 10 aromatic rings. The third-order valence-corrected chi connectivity index (χ3v) is 21.2. The molecular weight excluding hydrogens is 1570 g/mol. The lowest BCUT2D eigenvalue weighted by Gasteiger charge is -2.20. The van der Waals surface area contributed by atoms with Crippen molar-refractivity contribution in [2.75, 3.05) is 113 Å². The summed E-state index contributed by atoms with van der Waals surface area (Å²) in [7, 11) is 6.91. The molecule has 3 aliphatic carbocycles. The second kappa shape index (κ2) is 51.7. The average molecular weight is 1690 g/mol. The second-order valence-electron chi connectivity index (χ2n) is 29.9. The number of carbonyl (C=O) groups excluding carboxylic acids is 1. The van der Waals surface area contributed by atoms with Crippen molar-refractivity contribution in [3.63, 3.8) is 0 Å². The molecule has 0 atom stereocenters. The number of aromatic hydroxyl groups is 1. The number of phenolic OH excluding ortho intramolecular Hbond substituents is 1. The summed E-state index contributed by atoms with van der Waals surface area (Å²) in [5, 5.41) is 35.6. The van der Waals surface area contributed by atoms with Gasteiger partial charge < -0.3 is 40.4 Å². The normalized spacial score (nSPS) is 14.1. The Morgan fingerprint density at radius 2 is 0.717 bits per heavy atom. The van der Waals surface area contributed by atoms with Crippen molar-refractivity contribution in [3.05, 3.63) is 329 Å². The predicted molar refractivity (Wildman–Crippen MR) is 479 cm³/mol. The molecule has 20 nitrogen and oxygen atoms in total. The number of hydrogen-bond acceptors (Lipinski definition) is 19. The summed E-state index contributed by atoms with van der Waals surface area (Å²) >= 11 is 5.62. The number of halogens is 2. The van der Waals surface area contributed by atoms with E-state index >= 15 is 0 Å². The van der Waals surface area contributed by atoms with Crippen LogP contribution >= 0.6 is 24.0 Å². The SMILES string of the molecule is CN(CCCl)Cc1ccccc1.CN(CCOc1ccccc1C1(C#N)CC1)Cc1ccccc1.CN(CCOc1ccccc1C1(C(N)=O)CC1)Cc1ccccc1.CN(CCOc1ccccc1C1(N)CC1)Cc1ccccc1.CN(CCOc1ccccc1CC#N)Cc1ccccc1.Cl.N#CCc1ccccc1O.O=S1(=O)OCCO1. The van der Waals surface area contributed by atoms with Gasteiger partial charge in [-0.2, -0.15) is 24.2 Å². The highest BCUT2D eigenvalue weighted by Crippen LogP contribution is 2.52. The van der Waals surface area contributed by atoms with Crippen LogP contribution in [0.15, 0.2) is 273 Å². The highest BCUT2D eigenvalue weighted by atomic mass is 35.5. The van der Waals surface area contributed by atoms with Gasteiger partial charge in [-0.05, 0) is 132 Å². The molecule has 5 N–H and O–H groups in total. The first-order chi connectivity index (χ1) is 57.7. The van der Waals surface area contributed by atoms with Crippen LogP contribution in [-0.4, -0.2) is 157 Å². The maximum atomic E-state index is 11.8.